The van der Waals surface area contributed by atoms with E-state index in [0.717, 1.165) is 39.9 Å². The van der Waals surface area contributed by atoms with E-state index in [2.05, 4.69) is 12.1 Å². The van der Waals surface area contributed by atoms with Gasteiger partial charge in [0.2, 0.25) is 0 Å². The van der Waals surface area contributed by atoms with Crippen LogP contribution in [0.5, 0.6) is 0 Å². The Hall–Kier alpha value is -3.02. The summed E-state index contributed by atoms with van der Waals surface area (Å²) < 4.78 is 6.09. The Bertz CT molecular complexity index is 1170. The molecule has 5 heteroatoms. The monoisotopic (exact) mass is 428 g/mol. The van der Waals surface area contributed by atoms with Crippen LogP contribution in [0.4, 0.5) is 0 Å². The number of pyridine rings is 1. The maximum Gasteiger partial charge on any atom is 0.254 e. The Kier molecular flexibility index (Phi) is 5.78. The number of hydrogen-bond donors (Lipinski definition) is 0. The van der Waals surface area contributed by atoms with Gasteiger partial charge in [0.1, 0.15) is 0 Å². The highest BCUT2D eigenvalue weighted by Crippen LogP contribution is 2.29. The molecule has 3 heterocycles. The second-order valence-corrected chi connectivity index (χ2v) is 8.79. The van der Waals surface area contributed by atoms with Crippen molar-refractivity contribution in [2.45, 2.75) is 25.6 Å². The Balaban J connectivity index is 1.31. The zero-order valence-corrected chi connectivity index (χ0v) is 18.1. The van der Waals surface area contributed by atoms with E-state index in [0.29, 0.717) is 19.7 Å². The standard InChI is InChI=1S/C26H24N2O2S/c29-26(28-14-12-20(13-15-28)30-18-19-7-2-1-3-8-19)22-17-24(25-11-6-16-31-25)27-23-10-5-4-9-21(22)23/h1-11,16-17,20H,12-15,18H2. The molecule has 0 radical (unpaired) electrons. The van der Waals surface area contributed by atoms with Crippen LogP contribution in [0.3, 0.4) is 0 Å². The van der Waals surface area contributed by atoms with Gasteiger partial charge in [0.15, 0.2) is 0 Å². The zero-order valence-electron chi connectivity index (χ0n) is 17.2. The second-order valence-electron chi connectivity index (χ2n) is 7.84. The third kappa shape index (κ3) is 4.38. The Labute approximate surface area is 186 Å². The van der Waals surface area contributed by atoms with E-state index < -0.39 is 0 Å². The third-order valence-corrected chi connectivity index (χ3v) is 6.67. The number of carbonyl (C=O) groups excluding carboxylic acids is 1. The minimum atomic E-state index is 0.0814. The quantitative estimate of drug-likeness (QED) is 0.404. The highest BCUT2D eigenvalue weighted by Gasteiger charge is 2.26. The number of benzene rings is 2. The molecule has 2 aromatic heterocycles. The van der Waals surface area contributed by atoms with Gasteiger partial charge in [-0.05, 0) is 42.0 Å². The van der Waals surface area contributed by atoms with Crippen LogP contribution < -0.4 is 0 Å². The molecule has 1 amide bonds. The van der Waals surface area contributed by atoms with Crippen molar-refractivity contribution in [1.82, 2.24) is 9.88 Å². The molecule has 31 heavy (non-hydrogen) atoms. The second kappa shape index (κ2) is 9.00. The molecule has 4 aromatic rings. The molecule has 0 atom stereocenters. The topological polar surface area (TPSA) is 42.4 Å². The number of nitrogens with zero attached hydrogens (tertiary/aromatic N) is 2. The molecule has 2 aromatic carbocycles. The molecule has 0 spiro atoms. The molecule has 0 aliphatic carbocycles. The first-order chi connectivity index (χ1) is 15.3. The highest BCUT2D eigenvalue weighted by molar-refractivity contribution is 7.13. The number of thiophene rings is 1. The summed E-state index contributed by atoms with van der Waals surface area (Å²) in [5.74, 6) is 0.0814. The van der Waals surface area contributed by atoms with Crippen LogP contribution in [0.1, 0.15) is 28.8 Å². The number of fused-ring (bicyclic) bond motifs is 1. The number of aromatic nitrogens is 1. The average Bonchev–Trinajstić information content (AvgIpc) is 3.38. The minimum absolute atomic E-state index is 0.0814. The smallest absolute Gasteiger partial charge is 0.254 e. The first-order valence-corrected chi connectivity index (χ1v) is 11.5. The lowest BCUT2D eigenvalue weighted by Gasteiger charge is -2.32. The predicted molar refractivity (Wildman–Crippen MR) is 125 cm³/mol. The maximum absolute atomic E-state index is 13.5. The van der Waals surface area contributed by atoms with E-state index in [1.165, 1.54) is 5.56 Å². The lowest BCUT2D eigenvalue weighted by molar-refractivity contribution is -0.000335. The number of amides is 1. The number of para-hydroxylation sites is 1. The fourth-order valence-corrected chi connectivity index (χ4v) is 4.77. The summed E-state index contributed by atoms with van der Waals surface area (Å²) in [7, 11) is 0. The first kappa shape index (κ1) is 19.9. The summed E-state index contributed by atoms with van der Waals surface area (Å²) in [4.78, 5) is 21.3. The fraction of sp³-hybridized carbons (Fsp3) is 0.231. The molecule has 4 nitrogen and oxygen atoms in total. The van der Waals surface area contributed by atoms with E-state index in [-0.39, 0.29) is 12.0 Å². The van der Waals surface area contributed by atoms with Gasteiger partial charge < -0.3 is 9.64 Å². The molecule has 0 unspecified atom stereocenters. The third-order valence-electron chi connectivity index (χ3n) is 5.78. The zero-order chi connectivity index (χ0) is 21.0. The number of ether oxygens (including phenoxy) is 1. The van der Waals surface area contributed by atoms with Crippen molar-refractivity contribution >= 4 is 28.1 Å². The molecule has 1 saturated heterocycles. The van der Waals surface area contributed by atoms with E-state index in [4.69, 9.17) is 9.72 Å². The first-order valence-electron chi connectivity index (χ1n) is 10.7. The summed E-state index contributed by atoms with van der Waals surface area (Å²) in [5, 5.41) is 2.95. The Morgan fingerprint density at radius 1 is 1.00 bits per heavy atom. The van der Waals surface area contributed by atoms with Crippen molar-refractivity contribution in [3.05, 3.63) is 89.3 Å². The highest BCUT2D eigenvalue weighted by atomic mass is 32.1. The molecule has 1 aliphatic heterocycles. The lowest BCUT2D eigenvalue weighted by atomic mass is 10.0. The van der Waals surface area contributed by atoms with Crippen LogP contribution in [-0.2, 0) is 11.3 Å². The van der Waals surface area contributed by atoms with Crippen LogP contribution in [0.15, 0.2) is 78.2 Å². The molecule has 156 valence electrons. The van der Waals surface area contributed by atoms with Crippen LogP contribution in [0.2, 0.25) is 0 Å². The van der Waals surface area contributed by atoms with Gasteiger partial charge in [0, 0.05) is 18.5 Å². The molecular weight excluding hydrogens is 404 g/mol. The Morgan fingerprint density at radius 2 is 1.77 bits per heavy atom. The van der Waals surface area contributed by atoms with Crippen LogP contribution in [-0.4, -0.2) is 35.0 Å². The van der Waals surface area contributed by atoms with E-state index in [9.17, 15) is 4.79 Å². The van der Waals surface area contributed by atoms with Crippen molar-refractivity contribution in [1.29, 1.82) is 0 Å². The van der Waals surface area contributed by atoms with Gasteiger partial charge in [0.05, 0.1) is 34.4 Å². The summed E-state index contributed by atoms with van der Waals surface area (Å²) in [6.07, 6.45) is 1.92. The van der Waals surface area contributed by atoms with Gasteiger partial charge in [0.25, 0.3) is 5.91 Å². The molecule has 0 saturated carbocycles. The molecule has 1 fully saturated rings. The Morgan fingerprint density at radius 3 is 2.55 bits per heavy atom. The largest absolute Gasteiger partial charge is 0.373 e. The minimum Gasteiger partial charge on any atom is -0.373 e. The van der Waals surface area contributed by atoms with Gasteiger partial charge in [-0.3, -0.25) is 4.79 Å². The molecule has 0 bridgehead atoms. The molecule has 0 N–H and O–H groups in total. The molecular formula is C26H24N2O2S. The maximum atomic E-state index is 13.5. The number of rotatable bonds is 5. The number of carbonyl (C=O) groups is 1. The van der Waals surface area contributed by atoms with E-state index in [1.54, 1.807) is 11.3 Å². The van der Waals surface area contributed by atoms with Crippen molar-refractivity contribution in [3.63, 3.8) is 0 Å². The van der Waals surface area contributed by atoms with Gasteiger partial charge >= 0.3 is 0 Å². The van der Waals surface area contributed by atoms with Crippen LogP contribution in [0.25, 0.3) is 21.5 Å². The van der Waals surface area contributed by atoms with Crippen molar-refractivity contribution in [2.24, 2.45) is 0 Å². The van der Waals surface area contributed by atoms with Gasteiger partial charge in [-0.15, -0.1) is 11.3 Å². The lowest BCUT2D eigenvalue weighted by Crippen LogP contribution is -2.41. The summed E-state index contributed by atoms with van der Waals surface area (Å²) in [6.45, 7) is 2.05. The molecule has 5 rings (SSSR count). The van der Waals surface area contributed by atoms with E-state index in [1.807, 2.05) is 70.9 Å². The van der Waals surface area contributed by atoms with E-state index >= 15 is 0 Å². The van der Waals surface area contributed by atoms with Crippen molar-refractivity contribution < 1.29 is 9.53 Å². The van der Waals surface area contributed by atoms with Crippen LogP contribution in [0, 0.1) is 0 Å². The van der Waals surface area contributed by atoms with Crippen molar-refractivity contribution in [2.75, 3.05) is 13.1 Å². The molecule has 1 aliphatic rings. The van der Waals surface area contributed by atoms with Gasteiger partial charge in [-0.2, -0.15) is 0 Å². The number of piperidine rings is 1. The predicted octanol–water partition coefficient (Wildman–Crippen LogP) is 5.78. The average molecular weight is 429 g/mol. The van der Waals surface area contributed by atoms with Gasteiger partial charge in [-0.25, -0.2) is 4.98 Å². The number of likely N-dealkylation sites (tertiary alicyclic amines) is 1. The summed E-state index contributed by atoms with van der Waals surface area (Å²) in [6, 6.07) is 24.2. The SMILES string of the molecule is O=C(c1cc(-c2cccs2)nc2ccccc12)N1CCC(OCc2ccccc2)CC1. The fourth-order valence-electron chi connectivity index (χ4n) is 4.09. The normalized spacial score (nSPS) is 14.8. The number of hydrogen-bond acceptors (Lipinski definition) is 4. The summed E-state index contributed by atoms with van der Waals surface area (Å²) in [5.41, 5.74) is 3.64. The summed E-state index contributed by atoms with van der Waals surface area (Å²) >= 11 is 1.64. The van der Waals surface area contributed by atoms with Crippen molar-refractivity contribution in [3.8, 4) is 10.6 Å². The van der Waals surface area contributed by atoms with Crippen LogP contribution >= 0.6 is 11.3 Å². The van der Waals surface area contributed by atoms with Gasteiger partial charge in [-0.1, -0.05) is 54.6 Å².